The number of aromatic nitrogens is 2. The first-order valence-corrected chi connectivity index (χ1v) is 5.96. The number of rotatable bonds is 4. The summed E-state index contributed by atoms with van der Waals surface area (Å²) in [4.78, 5) is 22.6. The van der Waals surface area contributed by atoms with Gasteiger partial charge in [0.2, 0.25) is 0 Å². The molecular weight excluding hydrogens is 260 g/mol. The first-order chi connectivity index (χ1) is 9.51. The molecule has 0 amide bonds. The van der Waals surface area contributed by atoms with E-state index in [0.717, 1.165) is 15.8 Å². The monoisotopic (exact) mass is 274 g/mol. The van der Waals surface area contributed by atoms with Crippen molar-refractivity contribution in [2.24, 2.45) is 0 Å². The van der Waals surface area contributed by atoms with Crippen molar-refractivity contribution in [3.05, 3.63) is 57.5 Å². The average Bonchev–Trinajstić information content (AvgIpc) is 2.41. The molecule has 0 saturated carbocycles. The minimum absolute atomic E-state index is 0.158. The number of aryl methyl sites for hydroxylation is 1. The van der Waals surface area contributed by atoms with Gasteiger partial charge in [-0.1, -0.05) is 17.7 Å². The van der Waals surface area contributed by atoms with Crippen molar-refractivity contribution in [2.75, 3.05) is 7.11 Å². The summed E-state index contributed by atoms with van der Waals surface area (Å²) in [5, 5.41) is 12.7. The standard InChI is InChI=1S/C14H14N2O4/c1-9-3-5-12(20-2)10(7-9)8-16-13(17)6-4-11(15-16)14(18)19/h3-7H,8H2,1-2H3,(H,18,19). The molecule has 0 saturated heterocycles. The number of carbonyl (C=O) groups is 1. The number of aromatic carboxylic acids is 1. The molecule has 1 heterocycles. The fraction of sp³-hybridized carbons (Fsp3) is 0.214. The van der Waals surface area contributed by atoms with E-state index in [9.17, 15) is 9.59 Å². The van der Waals surface area contributed by atoms with E-state index in [4.69, 9.17) is 9.84 Å². The molecule has 0 fully saturated rings. The fourth-order valence-electron chi connectivity index (χ4n) is 1.87. The Morgan fingerprint density at radius 1 is 1.35 bits per heavy atom. The molecule has 6 nitrogen and oxygen atoms in total. The molecule has 0 aliphatic heterocycles. The van der Waals surface area contributed by atoms with Crippen LogP contribution in [0, 0.1) is 6.92 Å². The van der Waals surface area contributed by atoms with Gasteiger partial charge in [-0.05, 0) is 19.1 Å². The molecule has 0 radical (unpaired) electrons. The second-order valence-electron chi connectivity index (χ2n) is 4.33. The van der Waals surface area contributed by atoms with Crippen LogP contribution in [0.25, 0.3) is 0 Å². The van der Waals surface area contributed by atoms with E-state index in [1.807, 2.05) is 19.1 Å². The lowest BCUT2D eigenvalue weighted by molar-refractivity contribution is 0.0687. The van der Waals surface area contributed by atoms with E-state index in [2.05, 4.69) is 5.10 Å². The third-order valence-corrected chi connectivity index (χ3v) is 2.84. The minimum Gasteiger partial charge on any atom is -0.496 e. The van der Waals surface area contributed by atoms with Gasteiger partial charge in [0.25, 0.3) is 5.56 Å². The zero-order valence-electron chi connectivity index (χ0n) is 11.2. The summed E-state index contributed by atoms with van der Waals surface area (Å²) in [6.07, 6.45) is 0. The average molecular weight is 274 g/mol. The van der Waals surface area contributed by atoms with Gasteiger partial charge >= 0.3 is 5.97 Å². The molecule has 1 N–H and O–H groups in total. The van der Waals surface area contributed by atoms with E-state index < -0.39 is 5.97 Å². The molecule has 1 aromatic carbocycles. The number of carboxylic acids is 1. The van der Waals surface area contributed by atoms with Crippen LogP contribution < -0.4 is 10.3 Å². The summed E-state index contributed by atoms with van der Waals surface area (Å²) in [6.45, 7) is 2.08. The van der Waals surface area contributed by atoms with Crippen LogP contribution in [-0.4, -0.2) is 28.0 Å². The Labute approximate surface area is 115 Å². The first-order valence-electron chi connectivity index (χ1n) is 5.96. The maximum Gasteiger partial charge on any atom is 0.356 e. The van der Waals surface area contributed by atoms with Crippen LogP contribution in [0.15, 0.2) is 35.1 Å². The van der Waals surface area contributed by atoms with Crippen molar-refractivity contribution in [3.8, 4) is 5.75 Å². The molecule has 2 rings (SSSR count). The number of methoxy groups -OCH3 is 1. The Balaban J connectivity index is 2.44. The molecule has 0 unspecified atom stereocenters. The number of hydrogen-bond donors (Lipinski definition) is 1. The molecule has 104 valence electrons. The van der Waals surface area contributed by atoms with E-state index in [1.165, 1.54) is 19.2 Å². The Kier molecular flexibility index (Phi) is 3.84. The Hall–Kier alpha value is -2.63. The zero-order chi connectivity index (χ0) is 14.7. The van der Waals surface area contributed by atoms with E-state index in [1.54, 1.807) is 6.07 Å². The topological polar surface area (TPSA) is 81.4 Å². The van der Waals surface area contributed by atoms with Crippen molar-refractivity contribution >= 4 is 5.97 Å². The fourth-order valence-corrected chi connectivity index (χ4v) is 1.87. The van der Waals surface area contributed by atoms with Gasteiger partial charge in [-0.2, -0.15) is 5.10 Å². The van der Waals surface area contributed by atoms with Crippen molar-refractivity contribution in [1.82, 2.24) is 9.78 Å². The lowest BCUT2D eigenvalue weighted by atomic mass is 10.1. The highest BCUT2D eigenvalue weighted by Gasteiger charge is 2.10. The van der Waals surface area contributed by atoms with Gasteiger partial charge < -0.3 is 9.84 Å². The molecule has 0 aliphatic rings. The normalized spacial score (nSPS) is 10.3. The summed E-state index contributed by atoms with van der Waals surface area (Å²) >= 11 is 0. The maximum absolute atomic E-state index is 11.7. The second-order valence-corrected chi connectivity index (χ2v) is 4.33. The molecule has 0 aliphatic carbocycles. The Bertz CT molecular complexity index is 707. The molecular formula is C14H14N2O4. The number of carboxylic acid groups (broad SMARTS) is 1. The van der Waals surface area contributed by atoms with E-state index >= 15 is 0 Å². The number of nitrogens with zero attached hydrogens (tertiary/aromatic N) is 2. The molecule has 0 atom stereocenters. The van der Waals surface area contributed by atoms with Gasteiger partial charge in [0.1, 0.15) is 5.75 Å². The predicted molar refractivity (Wildman–Crippen MR) is 72.3 cm³/mol. The van der Waals surface area contributed by atoms with Gasteiger partial charge in [-0.3, -0.25) is 4.79 Å². The van der Waals surface area contributed by atoms with Crippen molar-refractivity contribution in [1.29, 1.82) is 0 Å². The van der Waals surface area contributed by atoms with E-state index in [0.29, 0.717) is 5.75 Å². The lowest BCUT2D eigenvalue weighted by Crippen LogP contribution is -2.25. The van der Waals surface area contributed by atoms with Crippen molar-refractivity contribution in [3.63, 3.8) is 0 Å². The van der Waals surface area contributed by atoms with Crippen LogP contribution in [0.3, 0.4) is 0 Å². The van der Waals surface area contributed by atoms with Crippen molar-refractivity contribution in [2.45, 2.75) is 13.5 Å². The van der Waals surface area contributed by atoms with Gasteiger partial charge in [0, 0.05) is 11.6 Å². The van der Waals surface area contributed by atoms with Gasteiger partial charge in [0.15, 0.2) is 5.69 Å². The second kappa shape index (κ2) is 5.56. The summed E-state index contributed by atoms with van der Waals surface area (Å²) < 4.78 is 6.34. The predicted octanol–water partition coefficient (Wildman–Crippen LogP) is 1.31. The Morgan fingerprint density at radius 2 is 2.10 bits per heavy atom. The smallest absolute Gasteiger partial charge is 0.356 e. The molecule has 20 heavy (non-hydrogen) atoms. The number of hydrogen-bond acceptors (Lipinski definition) is 4. The highest BCUT2D eigenvalue weighted by molar-refractivity contribution is 5.84. The Morgan fingerprint density at radius 3 is 2.75 bits per heavy atom. The SMILES string of the molecule is COc1ccc(C)cc1Cn1nc(C(=O)O)ccc1=O. The highest BCUT2D eigenvalue weighted by Crippen LogP contribution is 2.19. The highest BCUT2D eigenvalue weighted by atomic mass is 16.5. The third kappa shape index (κ3) is 2.85. The van der Waals surface area contributed by atoms with Gasteiger partial charge in [0.05, 0.1) is 13.7 Å². The molecule has 2 aromatic rings. The van der Waals surface area contributed by atoms with Crippen LogP contribution in [0.4, 0.5) is 0 Å². The van der Waals surface area contributed by atoms with Crippen molar-refractivity contribution < 1.29 is 14.6 Å². The molecule has 0 bridgehead atoms. The lowest BCUT2D eigenvalue weighted by Gasteiger charge is -2.10. The molecule has 0 spiro atoms. The third-order valence-electron chi connectivity index (χ3n) is 2.84. The maximum atomic E-state index is 11.7. The van der Waals surface area contributed by atoms with Gasteiger partial charge in [-0.25, -0.2) is 9.48 Å². The zero-order valence-corrected chi connectivity index (χ0v) is 11.2. The largest absolute Gasteiger partial charge is 0.496 e. The van der Waals surface area contributed by atoms with Crippen LogP contribution in [-0.2, 0) is 6.54 Å². The van der Waals surface area contributed by atoms with Crippen LogP contribution in [0.2, 0.25) is 0 Å². The summed E-state index contributed by atoms with van der Waals surface area (Å²) in [5.74, 6) is -0.542. The molecule has 6 heteroatoms. The van der Waals surface area contributed by atoms with E-state index in [-0.39, 0.29) is 17.8 Å². The summed E-state index contributed by atoms with van der Waals surface area (Å²) in [6, 6.07) is 7.96. The number of ether oxygens (including phenoxy) is 1. The first kappa shape index (κ1) is 13.8. The summed E-state index contributed by atoms with van der Waals surface area (Å²) in [5.41, 5.74) is 1.25. The van der Waals surface area contributed by atoms with Crippen LogP contribution in [0.1, 0.15) is 21.6 Å². The summed E-state index contributed by atoms with van der Waals surface area (Å²) in [7, 11) is 1.54. The van der Waals surface area contributed by atoms with Crippen LogP contribution >= 0.6 is 0 Å². The minimum atomic E-state index is -1.17. The van der Waals surface area contributed by atoms with Crippen LogP contribution in [0.5, 0.6) is 5.75 Å². The quantitative estimate of drug-likeness (QED) is 0.909. The molecule has 1 aromatic heterocycles. The van der Waals surface area contributed by atoms with Gasteiger partial charge in [-0.15, -0.1) is 0 Å². The number of benzene rings is 1.